The molecule has 2 aromatic rings. The zero-order chi connectivity index (χ0) is 22.8. The summed E-state index contributed by atoms with van der Waals surface area (Å²) in [5.41, 5.74) is -1.14. The van der Waals surface area contributed by atoms with Crippen LogP contribution in [-0.4, -0.2) is 37.0 Å². The monoisotopic (exact) mass is 440 g/mol. The van der Waals surface area contributed by atoms with Crippen LogP contribution in [0.3, 0.4) is 0 Å². The van der Waals surface area contributed by atoms with Gasteiger partial charge in [0.25, 0.3) is 5.91 Å². The van der Waals surface area contributed by atoms with Crippen LogP contribution >= 0.6 is 0 Å². The minimum atomic E-state index is -4.63. The molecule has 1 atom stereocenters. The smallest absolute Gasteiger partial charge is 0.416 e. The molecular formula is C20H16F4N2O5. The number of carbonyl (C=O) groups is 3. The molecule has 1 heterocycles. The number of halogens is 4. The summed E-state index contributed by atoms with van der Waals surface area (Å²) in [5, 5.41) is 2.29. The van der Waals surface area contributed by atoms with Crippen LogP contribution in [0.1, 0.15) is 12.5 Å². The molecule has 1 aliphatic heterocycles. The number of benzene rings is 2. The van der Waals surface area contributed by atoms with Crippen molar-refractivity contribution in [3.8, 4) is 5.75 Å². The van der Waals surface area contributed by atoms with E-state index in [1.54, 1.807) is 0 Å². The van der Waals surface area contributed by atoms with E-state index in [9.17, 15) is 31.9 Å². The fourth-order valence-corrected chi connectivity index (χ4v) is 2.86. The fraction of sp³-hybridized carbons (Fsp3) is 0.250. The summed E-state index contributed by atoms with van der Waals surface area (Å²) in [7, 11) is 0. The lowest BCUT2D eigenvalue weighted by atomic mass is 10.1. The van der Waals surface area contributed by atoms with E-state index in [2.05, 4.69) is 5.32 Å². The van der Waals surface area contributed by atoms with Crippen molar-refractivity contribution in [1.29, 1.82) is 0 Å². The maximum Gasteiger partial charge on any atom is 0.416 e. The second-order valence-corrected chi connectivity index (χ2v) is 6.58. The SMILES string of the molecule is CC(OC(=O)COc1cccc(F)c1)C(=O)N1CC(=O)Nc2cc(C(F)(F)F)ccc21. The highest BCUT2D eigenvalue weighted by Crippen LogP contribution is 2.37. The maximum absolute atomic E-state index is 13.1. The van der Waals surface area contributed by atoms with Gasteiger partial charge in [0.2, 0.25) is 5.91 Å². The van der Waals surface area contributed by atoms with E-state index in [1.165, 1.54) is 25.1 Å². The van der Waals surface area contributed by atoms with E-state index in [0.29, 0.717) is 0 Å². The van der Waals surface area contributed by atoms with Gasteiger partial charge >= 0.3 is 12.1 Å². The predicted molar refractivity (Wildman–Crippen MR) is 99.9 cm³/mol. The molecule has 0 saturated heterocycles. The first kappa shape index (κ1) is 22.1. The number of nitrogens with one attached hydrogen (secondary N) is 1. The van der Waals surface area contributed by atoms with Gasteiger partial charge in [-0.2, -0.15) is 13.2 Å². The summed E-state index contributed by atoms with van der Waals surface area (Å²) in [6.07, 6.45) is -5.99. The average Bonchev–Trinajstić information content (AvgIpc) is 2.70. The Morgan fingerprint density at radius 3 is 2.61 bits per heavy atom. The molecular weight excluding hydrogens is 424 g/mol. The van der Waals surface area contributed by atoms with Gasteiger partial charge in [-0.05, 0) is 37.3 Å². The van der Waals surface area contributed by atoms with E-state index in [1.807, 2.05) is 0 Å². The van der Waals surface area contributed by atoms with Gasteiger partial charge in [-0.1, -0.05) is 6.07 Å². The van der Waals surface area contributed by atoms with Crippen LogP contribution in [0, 0.1) is 5.82 Å². The number of hydrogen-bond acceptors (Lipinski definition) is 5. The Bertz CT molecular complexity index is 1020. The van der Waals surface area contributed by atoms with Crippen LogP contribution in [0.4, 0.5) is 28.9 Å². The second kappa shape index (κ2) is 8.62. The molecule has 2 aromatic carbocycles. The molecule has 1 unspecified atom stereocenters. The molecule has 0 aliphatic carbocycles. The van der Waals surface area contributed by atoms with E-state index in [0.717, 1.165) is 29.2 Å². The molecule has 0 saturated carbocycles. The fourth-order valence-electron chi connectivity index (χ4n) is 2.86. The highest BCUT2D eigenvalue weighted by Gasteiger charge is 2.35. The minimum Gasteiger partial charge on any atom is -0.482 e. The quantitative estimate of drug-likeness (QED) is 0.571. The molecule has 0 aromatic heterocycles. The van der Waals surface area contributed by atoms with Crippen molar-refractivity contribution in [3.63, 3.8) is 0 Å². The van der Waals surface area contributed by atoms with Crippen molar-refractivity contribution in [3.05, 3.63) is 53.8 Å². The second-order valence-electron chi connectivity index (χ2n) is 6.58. The molecule has 31 heavy (non-hydrogen) atoms. The van der Waals surface area contributed by atoms with E-state index >= 15 is 0 Å². The van der Waals surface area contributed by atoms with Crippen LogP contribution < -0.4 is 15.0 Å². The molecule has 1 N–H and O–H groups in total. The molecule has 0 bridgehead atoms. The van der Waals surface area contributed by atoms with Crippen molar-refractivity contribution in [2.24, 2.45) is 0 Å². The van der Waals surface area contributed by atoms with Crippen LogP contribution in [0.2, 0.25) is 0 Å². The standard InChI is InChI=1S/C20H16F4N2O5/c1-11(31-18(28)10-30-14-4-2-3-13(21)8-14)19(29)26-9-17(27)25-15-7-12(20(22,23)24)5-6-16(15)26/h2-8,11H,9-10H2,1H3,(H,25,27). The van der Waals surface area contributed by atoms with Gasteiger partial charge in [-0.3, -0.25) is 14.5 Å². The first-order chi connectivity index (χ1) is 14.5. The summed E-state index contributed by atoms with van der Waals surface area (Å²) in [4.78, 5) is 37.5. The lowest BCUT2D eigenvalue weighted by Crippen LogP contribution is -2.47. The lowest BCUT2D eigenvalue weighted by Gasteiger charge is -2.31. The minimum absolute atomic E-state index is 0.0384. The summed E-state index contributed by atoms with van der Waals surface area (Å²) < 4.78 is 61.9. The Hall–Kier alpha value is -3.63. The zero-order valence-corrected chi connectivity index (χ0v) is 16.0. The third-order valence-electron chi connectivity index (χ3n) is 4.27. The van der Waals surface area contributed by atoms with Gasteiger partial charge in [0, 0.05) is 6.07 Å². The number of alkyl halides is 3. The lowest BCUT2D eigenvalue weighted by molar-refractivity contribution is -0.155. The van der Waals surface area contributed by atoms with E-state index in [4.69, 9.17) is 9.47 Å². The molecule has 7 nitrogen and oxygen atoms in total. The number of esters is 1. The van der Waals surface area contributed by atoms with Crippen molar-refractivity contribution in [2.45, 2.75) is 19.2 Å². The van der Waals surface area contributed by atoms with Gasteiger partial charge in [-0.15, -0.1) is 0 Å². The number of anilines is 2. The molecule has 0 spiro atoms. The average molecular weight is 440 g/mol. The summed E-state index contributed by atoms with van der Waals surface area (Å²) in [5.74, 6) is -2.93. The molecule has 3 rings (SSSR count). The van der Waals surface area contributed by atoms with Gasteiger partial charge < -0.3 is 14.8 Å². The summed E-state index contributed by atoms with van der Waals surface area (Å²) in [6, 6.07) is 7.60. The molecule has 2 amide bonds. The molecule has 1 aliphatic rings. The number of nitrogens with zero attached hydrogens (tertiary/aromatic N) is 1. The van der Waals surface area contributed by atoms with Crippen molar-refractivity contribution in [1.82, 2.24) is 0 Å². The highest BCUT2D eigenvalue weighted by atomic mass is 19.4. The number of ether oxygens (including phenoxy) is 2. The Morgan fingerprint density at radius 1 is 1.19 bits per heavy atom. The van der Waals surface area contributed by atoms with Crippen LogP contribution in [0.5, 0.6) is 5.75 Å². The van der Waals surface area contributed by atoms with Crippen molar-refractivity contribution >= 4 is 29.2 Å². The largest absolute Gasteiger partial charge is 0.482 e. The van der Waals surface area contributed by atoms with Crippen molar-refractivity contribution < 1.29 is 41.4 Å². The third kappa shape index (κ3) is 5.30. The van der Waals surface area contributed by atoms with Gasteiger partial charge in [0.05, 0.1) is 16.9 Å². The molecule has 164 valence electrons. The van der Waals surface area contributed by atoms with E-state index in [-0.39, 0.29) is 17.1 Å². The van der Waals surface area contributed by atoms with E-state index < -0.39 is 54.6 Å². The molecule has 11 heteroatoms. The Kier molecular flexibility index (Phi) is 6.14. The first-order valence-electron chi connectivity index (χ1n) is 8.95. The highest BCUT2D eigenvalue weighted by molar-refractivity contribution is 6.11. The van der Waals surface area contributed by atoms with Crippen LogP contribution in [0.25, 0.3) is 0 Å². The Balaban J connectivity index is 1.68. The van der Waals surface area contributed by atoms with Gasteiger partial charge in [0.1, 0.15) is 18.1 Å². The number of fused-ring (bicyclic) bond motifs is 1. The normalized spacial score (nSPS) is 14.4. The maximum atomic E-state index is 13.1. The number of hydrogen-bond donors (Lipinski definition) is 1. The molecule has 0 radical (unpaired) electrons. The van der Waals surface area contributed by atoms with Crippen LogP contribution in [-0.2, 0) is 25.3 Å². The van der Waals surface area contributed by atoms with Crippen LogP contribution in [0.15, 0.2) is 42.5 Å². The Labute approximate surface area is 173 Å². The van der Waals surface area contributed by atoms with Gasteiger partial charge in [-0.25, -0.2) is 9.18 Å². The summed E-state index contributed by atoms with van der Waals surface area (Å²) in [6.45, 7) is 0.185. The zero-order valence-electron chi connectivity index (χ0n) is 16.0. The predicted octanol–water partition coefficient (Wildman–Crippen LogP) is 3.14. The number of rotatable bonds is 5. The first-order valence-corrected chi connectivity index (χ1v) is 8.95. The molecule has 0 fully saturated rings. The number of amides is 2. The number of carbonyl (C=O) groups excluding carboxylic acids is 3. The topological polar surface area (TPSA) is 84.9 Å². The Morgan fingerprint density at radius 2 is 1.94 bits per heavy atom. The van der Waals surface area contributed by atoms with Crippen molar-refractivity contribution in [2.75, 3.05) is 23.4 Å². The van der Waals surface area contributed by atoms with Gasteiger partial charge in [0.15, 0.2) is 12.7 Å². The summed E-state index contributed by atoms with van der Waals surface area (Å²) >= 11 is 0. The third-order valence-corrected chi connectivity index (χ3v) is 4.27.